The molecule has 1 amide bonds. The van der Waals surface area contributed by atoms with Crippen LogP contribution in [0.3, 0.4) is 0 Å². The molecule has 3 nitrogen and oxygen atoms in total. The summed E-state index contributed by atoms with van der Waals surface area (Å²) >= 11 is 4.03. The minimum atomic E-state index is -0.124. The van der Waals surface area contributed by atoms with Crippen LogP contribution < -0.4 is 5.32 Å². The maximum absolute atomic E-state index is 13.3. The lowest BCUT2D eigenvalue weighted by atomic mass is 9.49. The molecule has 4 saturated carbocycles. The summed E-state index contributed by atoms with van der Waals surface area (Å²) in [5, 5.41) is 3.34. The highest BCUT2D eigenvalue weighted by molar-refractivity contribution is 9.10. The van der Waals surface area contributed by atoms with Gasteiger partial charge in [0.1, 0.15) is 0 Å². The number of amides is 1. The van der Waals surface area contributed by atoms with E-state index in [0.717, 1.165) is 50.7 Å². The van der Waals surface area contributed by atoms with Gasteiger partial charge in [-0.3, -0.25) is 9.69 Å². The van der Waals surface area contributed by atoms with Crippen molar-refractivity contribution in [2.24, 2.45) is 17.3 Å². The van der Waals surface area contributed by atoms with Crippen molar-refractivity contribution >= 4 is 21.8 Å². The zero-order valence-electron chi connectivity index (χ0n) is 16.8. The normalized spacial score (nSPS) is 34.2. The average molecular weight is 433 g/mol. The summed E-state index contributed by atoms with van der Waals surface area (Å²) in [5.74, 6) is 1.79. The van der Waals surface area contributed by atoms with Crippen molar-refractivity contribution < 1.29 is 4.79 Å². The second-order valence-corrected chi connectivity index (χ2v) is 11.0. The van der Waals surface area contributed by atoms with Crippen LogP contribution in [0.2, 0.25) is 0 Å². The minimum absolute atomic E-state index is 0.124. The van der Waals surface area contributed by atoms with Gasteiger partial charge in [-0.25, -0.2) is 0 Å². The highest BCUT2D eigenvalue weighted by Gasteiger charge is 2.59. The van der Waals surface area contributed by atoms with Crippen LogP contribution in [0.4, 0.5) is 0 Å². The molecule has 4 fully saturated rings. The van der Waals surface area contributed by atoms with E-state index < -0.39 is 0 Å². The first-order valence-corrected chi connectivity index (χ1v) is 11.5. The van der Waals surface area contributed by atoms with Gasteiger partial charge in [0.2, 0.25) is 5.91 Å². The lowest BCUT2D eigenvalue weighted by molar-refractivity contribution is -0.144. The van der Waals surface area contributed by atoms with Crippen molar-refractivity contribution in [2.45, 2.75) is 69.8 Å². The van der Waals surface area contributed by atoms with Crippen molar-refractivity contribution in [1.82, 2.24) is 10.2 Å². The largest absolute Gasteiger partial charge is 0.352 e. The first-order chi connectivity index (χ1) is 13.0. The lowest BCUT2D eigenvalue weighted by Crippen LogP contribution is -2.58. The average Bonchev–Trinajstić information content (AvgIpc) is 2.63. The van der Waals surface area contributed by atoms with Crippen molar-refractivity contribution in [1.29, 1.82) is 0 Å². The summed E-state index contributed by atoms with van der Waals surface area (Å²) in [6.45, 7) is 8.13. The summed E-state index contributed by atoms with van der Waals surface area (Å²) in [6, 6.07) is 8.58. The van der Waals surface area contributed by atoms with E-state index in [1.54, 1.807) is 0 Å². The number of halogens is 1. The fraction of sp³-hybridized carbons (Fsp3) is 0.696. The van der Waals surface area contributed by atoms with Gasteiger partial charge in [0.15, 0.2) is 0 Å². The lowest BCUT2D eigenvalue weighted by Gasteiger charge is -2.59. The molecule has 1 N–H and O–H groups in total. The van der Waals surface area contributed by atoms with Crippen LogP contribution in [-0.4, -0.2) is 28.2 Å². The smallest absolute Gasteiger partial charge is 0.226 e. The van der Waals surface area contributed by atoms with Gasteiger partial charge in [-0.15, -0.1) is 0 Å². The number of benzene rings is 1. The summed E-state index contributed by atoms with van der Waals surface area (Å²) in [6.07, 6.45) is 7.11. The third kappa shape index (κ3) is 3.85. The van der Waals surface area contributed by atoms with Gasteiger partial charge < -0.3 is 5.32 Å². The van der Waals surface area contributed by atoms with Gasteiger partial charge in [-0.05, 0) is 74.6 Å². The van der Waals surface area contributed by atoms with Crippen LogP contribution in [0.1, 0.15) is 63.5 Å². The highest BCUT2D eigenvalue weighted by Crippen LogP contribution is 2.64. The van der Waals surface area contributed by atoms with Crippen molar-refractivity contribution in [2.75, 3.05) is 13.1 Å². The molecule has 0 radical (unpaired) electrons. The summed E-state index contributed by atoms with van der Waals surface area (Å²) < 4.78 is 0.231. The molecule has 0 spiro atoms. The van der Waals surface area contributed by atoms with E-state index in [9.17, 15) is 4.79 Å². The number of hydrogen-bond donors (Lipinski definition) is 1. The maximum Gasteiger partial charge on any atom is 0.226 e. The Bertz CT molecular complexity index is 685. The molecule has 0 saturated heterocycles. The van der Waals surface area contributed by atoms with Gasteiger partial charge in [0.25, 0.3) is 0 Å². The van der Waals surface area contributed by atoms with Crippen LogP contribution in [0.15, 0.2) is 24.3 Å². The van der Waals surface area contributed by atoms with Gasteiger partial charge in [-0.2, -0.15) is 0 Å². The second-order valence-electron chi connectivity index (χ2n) is 9.31. The second kappa shape index (κ2) is 7.51. The Labute approximate surface area is 172 Å². The van der Waals surface area contributed by atoms with Crippen LogP contribution in [0.5, 0.6) is 0 Å². The predicted octanol–water partition coefficient (Wildman–Crippen LogP) is 4.88. The van der Waals surface area contributed by atoms with E-state index in [0.29, 0.717) is 12.5 Å². The summed E-state index contributed by atoms with van der Waals surface area (Å²) in [4.78, 5) is 15.7. The Hall–Kier alpha value is -0.870. The summed E-state index contributed by atoms with van der Waals surface area (Å²) in [5.41, 5.74) is 2.47. The fourth-order valence-electron chi connectivity index (χ4n) is 6.35. The standard InChI is InChI=1S/C23H33BrN2O/c1-3-26(4-2)15-20-8-6-5-7-19(20)14-25-21(27)22-10-17-9-18(11-22)13-23(24,12-17)16-22/h5-8,17-18H,3-4,9-16H2,1-2H3,(H,25,27). The SMILES string of the molecule is CCN(CC)Cc1ccccc1CNC(=O)C12CC3CC(CC(Br)(C3)C1)C2. The van der Waals surface area contributed by atoms with E-state index in [2.05, 4.69) is 64.3 Å². The molecule has 4 aliphatic rings. The number of rotatable bonds is 7. The quantitative estimate of drug-likeness (QED) is 0.622. The molecule has 1 aromatic carbocycles. The number of nitrogens with one attached hydrogen (secondary N) is 1. The van der Waals surface area contributed by atoms with Gasteiger partial charge in [0, 0.05) is 17.4 Å². The molecule has 148 valence electrons. The topological polar surface area (TPSA) is 32.3 Å². The minimum Gasteiger partial charge on any atom is -0.352 e. The molecule has 27 heavy (non-hydrogen) atoms. The molecular formula is C23H33BrN2O. The Balaban J connectivity index is 1.44. The third-order valence-electron chi connectivity index (χ3n) is 7.32. The molecule has 4 bridgehead atoms. The van der Waals surface area contributed by atoms with Crippen molar-refractivity contribution in [3.8, 4) is 0 Å². The van der Waals surface area contributed by atoms with Crippen molar-refractivity contribution in [3.63, 3.8) is 0 Å². The molecule has 0 aliphatic heterocycles. The molecule has 1 aromatic rings. The highest BCUT2D eigenvalue weighted by atomic mass is 79.9. The predicted molar refractivity (Wildman–Crippen MR) is 114 cm³/mol. The molecular weight excluding hydrogens is 400 g/mol. The van der Waals surface area contributed by atoms with Gasteiger partial charge >= 0.3 is 0 Å². The van der Waals surface area contributed by atoms with Gasteiger partial charge in [0.05, 0.1) is 5.41 Å². The Morgan fingerprint density at radius 3 is 2.33 bits per heavy atom. The molecule has 0 heterocycles. The van der Waals surface area contributed by atoms with E-state index >= 15 is 0 Å². The molecule has 4 aliphatic carbocycles. The monoisotopic (exact) mass is 432 g/mol. The zero-order chi connectivity index (χ0) is 19.1. The summed E-state index contributed by atoms with van der Waals surface area (Å²) in [7, 11) is 0. The molecule has 5 rings (SSSR count). The first-order valence-electron chi connectivity index (χ1n) is 10.7. The van der Waals surface area contributed by atoms with Crippen LogP contribution in [-0.2, 0) is 17.9 Å². The van der Waals surface area contributed by atoms with Crippen LogP contribution in [0, 0.1) is 17.3 Å². The molecule has 4 heteroatoms. The number of alkyl halides is 1. The van der Waals surface area contributed by atoms with E-state index in [1.807, 2.05) is 0 Å². The first kappa shape index (κ1) is 19.4. The number of nitrogens with zero attached hydrogens (tertiary/aromatic N) is 1. The maximum atomic E-state index is 13.3. The van der Waals surface area contributed by atoms with Crippen LogP contribution >= 0.6 is 15.9 Å². The molecule has 0 aromatic heterocycles. The molecule has 2 unspecified atom stereocenters. The van der Waals surface area contributed by atoms with E-state index in [4.69, 9.17) is 0 Å². The zero-order valence-corrected chi connectivity index (χ0v) is 18.4. The van der Waals surface area contributed by atoms with E-state index in [1.165, 1.54) is 30.4 Å². The van der Waals surface area contributed by atoms with Crippen molar-refractivity contribution in [3.05, 3.63) is 35.4 Å². The Morgan fingerprint density at radius 1 is 1.11 bits per heavy atom. The number of hydrogen-bond acceptors (Lipinski definition) is 2. The number of carbonyl (C=O) groups excluding carboxylic acids is 1. The fourth-order valence-corrected chi connectivity index (χ4v) is 7.80. The van der Waals surface area contributed by atoms with Gasteiger partial charge in [-0.1, -0.05) is 54.0 Å². The Kier molecular flexibility index (Phi) is 5.41. The third-order valence-corrected chi connectivity index (χ3v) is 8.25. The number of carbonyl (C=O) groups is 1. The molecule has 2 atom stereocenters. The Morgan fingerprint density at radius 2 is 1.74 bits per heavy atom. The van der Waals surface area contributed by atoms with Crippen LogP contribution in [0.25, 0.3) is 0 Å². The van der Waals surface area contributed by atoms with E-state index in [-0.39, 0.29) is 9.74 Å².